The number of hydrogen-bond acceptors (Lipinski definition) is 4. The van der Waals surface area contributed by atoms with Gasteiger partial charge in [0.1, 0.15) is 5.76 Å². The van der Waals surface area contributed by atoms with Crippen molar-refractivity contribution in [3.63, 3.8) is 0 Å². The van der Waals surface area contributed by atoms with E-state index in [9.17, 15) is 10.1 Å². The van der Waals surface area contributed by atoms with E-state index in [0.29, 0.717) is 16.9 Å². The molecule has 0 atom stereocenters. The van der Waals surface area contributed by atoms with Gasteiger partial charge in [0.05, 0.1) is 17.2 Å². The number of nitrogens with zero attached hydrogens (tertiary/aromatic N) is 2. The van der Waals surface area contributed by atoms with E-state index in [1.54, 1.807) is 18.2 Å². The monoisotopic (exact) mass is 336 g/mol. The Bertz CT molecular complexity index is 804. The first-order valence-corrected chi connectivity index (χ1v) is 8.48. The molecule has 1 aromatic carbocycles. The van der Waals surface area contributed by atoms with Crippen molar-refractivity contribution >= 4 is 23.5 Å². The molecule has 0 unspecified atom stereocenters. The second kappa shape index (κ2) is 7.71. The van der Waals surface area contributed by atoms with E-state index in [4.69, 9.17) is 9.52 Å². The van der Waals surface area contributed by atoms with Crippen molar-refractivity contribution in [1.29, 1.82) is 5.26 Å². The molecule has 128 valence electrons. The number of nitriles is 1. The molecular weight excluding hydrogens is 316 g/mol. The molecule has 5 nitrogen and oxygen atoms in total. The third-order valence-electron chi connectivity index (χ3n) is 4.38. The third kappa shape index (κ3) is 4.10. The molecule has 1 aliphatic rings. The number of carboxylic acid groups (broad SMARTS) is 1. The Labute approximate surface area is 146 Å². The van der Waals surface area contributed by atoms with Gasteiger partial charge >= 0.3 is 5.97 Å². The van der Waals surface area contributed by atoms with Crippen LogP contribution in [0.15, 0.2) is 40.8 Å². The molecule has 1 saturated heterocycles. The molecule has 25 heavy (non-hydrogen) atoms. The molecule has 1 aromatic heterocycles. The molecule has 1 fully saturated rings. The predicted octanol–water partition coefficient (Wildman–Crippen LogP) is 4.42. The van der Waals surface area contributed by atoms with Crippen LogP contribution in [0.4, 0.5) is 5.88 Å². The molecule has 0 aliphatic carbocycles. The number of hydrogen-bond donors (Lipinski definition) is 1. The highest BCUT2D eigenvalue weighted by Gasteiger charge is 2.13. The number of carboxylic acids is 1. The number of anilines is 1. The standard InChI is InChI=1S/C20H20N2O3/c21-14-17(15-5-7-16(8-6-15)20(23)24)13-18-9-10-19(25-18)22-11-3-1-2-4-12-22/h5-10,13H,1-4,11-12H2,(H,23,24)/b17-13-. The molecule has 0 bridgehead atoms. The van der Waals surface area contributed by atoms with Crippen LogP contribution < -0.4 is 4.90 Å². The average molecular weight is 336 g/mol. The largest absolute Gasteiger partial charge is 0.478 e. The predicted molar refractivity (Wildman–Crippen MR) is 96.3 cm³/mol. The van der Waals surface area contributed by atoms with Gasteiger partial charge in [0.25, 0.3) is 0 Å². The fraction of sp³-hybridized carbons (Fsp3) is 0.300. The number of rotatable bonds is 4. The maximum atomic E-state index is 10.9. The number of aromatic carboxylic acids is 1. The van der Waals surface area contributed by atoms with Crippen LogP contribution in [0, 0.1) is 11.3 Å². The first kappa shape index (κ1) is 16.8. The van der Waals surface area contributed by atoms with Crippen molar-refractivity contribution < 1.29 is 14.3 Å². The zero-order valence-corrected chi connectivity index (χ0v) is 13.9. The SMILES string of the molecule is N#C/C(=C/c1ccc(N2CCCCCC2)o1)c1ccc(C(=O)O)cc1. The van der Waals surface area contributed by atoms with Crippen LogP contribution in [0.3, 0.4) is 0 Å². The zero-order valence-electron chi connectivity index (χ0n) is 13.9. The summed E-state index contributed by atoms with van der Waals surface area (Å²) in [5.41, 5.74) is 1.30. The highest BCUT2D eigenvalue weighted by Crippen LogP contribution is 2.25. The van der Waals surface area contributed by atoms with Gasteiger partial charge in [-0.25, -0.2) is 4.79 Å². The molecule has 2 aromatic rings. The van der Waals surface area contributed by atoms with Gasteiger partial charge in [-0.1, -0.05) is 25.0 Å². The topological polar surface area (TPSA) is 77.5 Å². The Morgan fingerprint density at radius 3 is 2.28 bits per heavy atom. The van der Waals surface area contributed by atoms with Crippen molar-refractivity contribution in [2.45, 2.75) is 25.7 Å². The maximum Gasteiger partial charge on any atom is 0.335 e. The smallest absolute Gasteiger partial charge is 0.335 e. The minimum atomic E-state index is -0.984. The Morgan fingerprint density at radius 2 is 1.68 bits per heavy atom. The fourth-order valence-electron chi connectivity index (χ4n) is 3.00. The summed E-state index contributed by atoms with van der Waals surface area (Å²) in [6.07, 6.45) is 6.55. The lowest BCUT2D eigenvalue weighted by Gasteiger charge is -2.18. The summed E-state index contributed by atoms with van der Waals surface area (Å²) in [6, 6.07) is 12.2. The summed E-state index contributed by atoms with van der Waals surface area (Å²) in [5, 5.41) is 18.4. The highest BCUT2D eigenvalue weighted by molar-refractivity contribution is 5.91. The normalized spacial score (nSPS) is 15.5. The van der Waals surface area contributed by atoms with Crippen LogP contribution in [0.2, 0.25) is 0 Å². The lowest BCUT2D eigenvalue weighted by Crippen LogP contribution is -2.23. The van der Waals surface area contributed by atoms with Gasteiger partial charge < -0.3 is 14.4 Å². The average Bonchev–Trinajstić information content (AvgIpc) is 2.92. The van der Waals surface area contributed by atoms with Gasteiger partial charge in [0.15, 0.2) is 5.88 Å². The van der Waals surface area contributed by atoms with Gasteiger partial charge in [-0.15, -0.1) is 0 Å². The Morgan fingerprint density at radius 1 is 1.04 bits per heavy atom. The zero-order chi connectivity index (χ0) is 17.6. The summed E-state index contributed by atoms with van der Waals surface area (Å²) >= 11 is 0. The Balaban J connectivity index is 1.80. The third-order valence-corrected chi connectivity index (χ3v) is 4.38. The number of allylic oxidation sites excluding steroid dienone is 1. The maximum absolute atomic E-state index is 10.9. The van der Waals surface area contributed by atoms with E-state index in [1.807, 2.05) is 12.1 Å². The van der Waals surface area contributed by atoms with E-state index >= 15 is 0 Å². The van der Waals surface area contributed by atoms with Gasteiger partial charge in [0, 0.05) is 19.2 Å². The summed E-state index contributed by atoms with van der Waals surface area (Å²) in [5.74, 6) is 0.479. The van der Waals surface area contributed by atoms with Crippen molar-refractivity contribution in [3.8, 4) is 6.07 Å². The first-order chi connectivity index (χ1) is 12.2. The molecule has 1 N–H and O–H groups in total. The minimum Gasteiger partial charge on any atom is -0.478 e. The van der Waals surface area contributed by atoms with Gasteiger partial charge in [-0.3, -0.25) is 0 Å². The minimum absolute atomic E-state index is 0.197. The quantitative estimate of drug-likeness (QED) is 0.836. The van der Waals surface area contributed by atoms with Crippen LogP contribution in [-0.4, -0.2) is 24.2 Å². The molecule has 2 heterocycles. The van der Waals surface area contributed by atoms with E-state index in [2.05, 4.69) is 11.0 Å². The number of benzene rings is 1. The molecule has 0 radical (unpaired) electrons. The summed E-state index contributed by atoms with van der Waals surface area (Å²) < 4.78 is 5.90. The van der Waals surface area contributed by atoms with Crippen LogP contribution >= 0.6 is 0 Å². The van der Waals surface area contributed by atoms with Crippen molar-refractivity contribution in [3.05, 3.63) is 53.3 Å². The van der Waals surface area contributed by atoms with Crippen LogP contribution in [-0.2, 0) is 0 Å². The fourth-order valence-corrected chi connectivity index (χ4v) is 3.00. The van der Waals surface area contributed by atoms with Gasteiger partial charge in [0.2, 0.25) is 0 Å². The van der Waals surface area contributed by atoms with E-state index in [0.717, 1.165) is 19.0 Å². The van der Waals surface area contributed by atoms with E-state index < -0.39 is 5.97 Å². The Kier molecular flexibility index (Phi) is 5.20. The van der Waals surface area contributed by atoms with Crippen LogP contribution in [0.25, 0.3) is 11.6 Å². The van der Waals surface area contributed by atoms with Crippen molar-refractivity contribution in [2.24, 2.45) is 0 Å². The van der Waals surface area contributed by atoms with Gasteiger partial charge in [-0.2, -0.15) is 5.26 Å². The molecule has 0 saturated carbocycles. The second-order valence-corrected chi connectivity index (χ2v) is 6.13. The van der Waals surface area contributed by atoms with E-state index in [-0.39, 0.29) is 5.56 Å². The first-order valence-electron chi connectivity index (χ1n) is 8.48. The molecular formula is C20H20N2O3. The van der Waals surface area contributed by atoms with Gasteiger partial charge in [-0.05, 0) is 42.7 Å². The van der Waals surface area contributed by atoms with E-state index in [1.165, 1.54) is 37.8 Å². The lowest BCUT2D eigenvalue weighted by atomic mass is 10.0. The molecule has 1 aliphatic heterocycles. The van der Waals surface area contributed by atoms with Crippen molar-refractivity contribution in [2.75, 3.05) is 18.0 Å². The summed E-state index contributed by atoms with van der Waals surface area (Å²) in [6.45, 7) is 2.00. The summed E-state index contributed by atoms with van der Waals surface area (Å²) in [7, 11) is 0. The summed E-state index contributed by atoms with van der Waals surface area (Å²) in [4.78, 5) is 13.2. The lowest BCUT2D eigenvalue weighted by molar-refractivity contribution is 0.0697. The Hall–Kier alpha value is -3.00. The molecule has 0 spiro atoms. The molecule has 5 heteroatoms. The second-order valence-electron chi connectivity index (χ2n) is 6.13. The van der Waals surface area contributed by atoms with Crippen LogP contribution in [0.1, 0.15) is 47.4 Å². The number of carbonyl (C=O) groups is 1. The highest BCUT2D eigenvalue weighted by atomic mass is 16.4. The van der Waals surface area contributed by atoms with Crippen LogP contribution in [0.5, 0.6) is 0 Å². The molecule has 0 amide bonds. The molecule has 3 rings (SSSR count). The number of furan rings is 1. The van der Waals surface area contributed by atoms with Crippen molar-refractivity contribution in [1.82, 2.24) is 0 Å².